The Morgan fingerprint density at radius 3 is 2.69 bits per heavy atom. The van der Waals surface area contributed by atoms with Gasteiger partial charge in [0.05, 0.1) is 5.56 Å². The molecule has 72 valence electrons. The second-order valence-electron chi connectivity index (χ2n) is 3.27. The second kappa shape index (κ2) is 3.60. The summed E-state index contributed by atoms with van der Waals surface area (Å²) in [5, 5.41) is 0. The van der Waals surface area contributed by atoms with Crippen molar-refractivity contribution in [3.8, 4) is 0 Å². The molecule has 0 fully saturated rings. The molecule has 1 unspecified atom stereocenters. The van der Waals surface area contributed by atoms with Crippen molar-refractivity contribution in [3.63, 3.8) is 0 Å². The molecule has 1 heterocycles. The summed E-state index contributed by atoms with van der Waals surface area (Å²) in [6.45, 7) is 5.72. The fraction of sp³-hybridized carbons (Fsp3) is 0.556. The molecule has 0 aliphatic heterocycles. The maximum absolute atomic E-state index is 11.3. The zero-order chi connectivity index (χ0) is 10.0. The molecule has 1 aromatic rings. The predicted molar refractivity (Wildman–Crippen MR) is 52.7 cm³/mol. The highest BCUT2D eigenvalue weighted by molar-refractivity contribution is 5.36. The van der Waals surface area contributed by atoms with Gasteiger partial charge >= 0.3 is 0 Å². The van der Waals surface area contributed by atoms with E-state index in [-0.39, 0.29) is 11.5 Å². The zero-order valence-electron chi connectivity index (χ0n) is 8.22. The third kappa shape index (κ3) is 1.88. The van der Waals surface area contributed by atoms with E-state index in [9.17, 15) is 4.79 Å². The molecule has 13 heavy (non-hydrogen) atoms. The van der Waals surface area contributed by atoms with E-state index in [0.717, 1.165) is 6.42 Å². The number of hydrogen-bond donors (Lipinski definition) is 2. The van der Waals surface area contributed by atoms with Gasteiger partial charge in [0.25, 0.3) is 5.56 Å². The average Bonchev–Trinajstić information content (AvgIpc) is 2.12. The first-order valence-electron chi connectivity index (χ1n) is 4.42. The molecule has 0 radical (unpaired) electrons. The smallest absolute Gasteiger partial charge is 0.255 e. The molecule has 0 aromatic carbocycles. The lowest BCUT2D eigenvalue weighted by Gasteiger charge is -2.08. The van der Waals surface area contributed by atoms with Crippen molar-refractivity contribution < 1.29 is 0 Å². The predicted octanol–water partition coefficient (Wildman–Crippen LogP) is 1.17. The Morgan fingerprint density at radius 1 is 1.62 bits per heavy atom. The number of aromatic amines is 1. The van der Waals surface area contributed by atoms with Crippen molar-refractivity contribution in [2.75, 3.05) is 5.73 Å². The third-order valence-electron chi connectivity index (χ3n) is 2.29. The van der Waals surface area contributed by atoms with Gasteiger partial charge in [0.2, 0.25) is 0 Å². The molecule has 0 aliphatic rings. The van der Waals surface area contributed by atoms with Crippen molar-refractivity contribution in [1.29, 1.82) is 0 Å². The molecule has 3 N–H and O–H groups in total. The Kier molecular flexibility index (Phi) is 2.70. The van der Waals surface area contributed by atoms with Crippen molar-refractivity contribution in [1.82, 2.24) is 9.97 Å². The Hall–Kier alpha value is -1.32. The SMILES string of the molecule is CCC(C)c1nc(N)c(C)c(=O)[nH]1. The number of nitrogens with two attached hydrogens (primary N) is 1. The Morgan fingerprint density at radius 2 is 2.23 bits per heavy atom. The van der Waals surface area contributed by atoms with Gasteiger partial charge in [-0.2, -0.15) is 0 Å². The van der Waals surface area contributed by atoms with Crippen LogP contribution in [0.15, 0.2) is 4.79 Å². The van der Waals surface area contributed by atoms with Crippen LogP contribution in [0.1, 0.15) is 37.6 Å². The number of anilines is 1. The molecule has 1 atom stereocenters. The zero-order valence-corrected chi connectivity index (χ0v) is 8.22. The molecule has 1 rings (SSSR count). The van der Waals surface area contributed by atoms with Gasteiger partial charge in [-0.05, 0) is 13.3 Å². The maximum atomic E-state index is 11.3. The van der Waals surface area contributed by atoms with Crippen molar-refractivity contribution in [2.24, 2.45) is 0 Å². The summed E-state index contributed by atoms with van der Waals surface area (Å²) in [6, 6.07) is 0. The lowest BCUT2D eigenvalue weighted by atomic mass is 10.1. The lowest BCUT2D eigenvalue weighted by molar-refractivity contribution is 0.674. The Bertz CT molecular complexity index is 356. The van der Waals surface area contributed by atoms with Crippen LogP contribution in [0.25, 0.3) is 0 Å². The van der Waals surface area contributed by atoms with Crippen LogP contribution in [0.4, 0.5) is 5.82 Å². The number of nitrogens with zero attached hydrogens (tertiary/aromatic N) is 1. The van der Waals surface area contributed by atoms with E-state index in [0.29, 0.717) is 17.2 Å². The van der Waals surface area contributed by atoms with E-state index < -0.39 is 0 Å². The number of aromatic nitrogens is 2. The van der Waals surface area contributed by atoms with Crippen molar-refractivity contribution in [2.45, 2.75) is 33.1 Å². The standard InChI is InChI=1S/C9H15N3O/c1-4-5(2)8-11-7(10)6(3)9(13)12-8/h5H,4H2,1-3H3,(H3,10,11,12,13). The molecule has 0 amide bonds. The van der Waals surface area contributed by atoms with E-state index in [2.05, 4.69) is 9.97 Å². The number of hydrogen-bond acceptors (Lipinski definition) is 3. The monoisotopic (exact) mass is 181 g/mol. The molecule has 0 aliphatic carbocycles. The number of H-pyrrole nitrogens is 1. The van der Waals surface area contributed by atoms with Gasteiger partial charge in [0.15, 0.2) is 0 Å². The highest BCUT2D eigenvalue weighted by Crippen LogP contribution is 2.14. The summed E-state index contributed by atoms with van der Waals surface area (Å²) >= 11 is 0. The first kappa shape index (κ1) is 9.77. The third-order valence-corrected chi connectivity index (χ3v) is 2.29. The quantitative estimate of drug-likeness (QED) is 0.719. The molecule has 1 aromatic heterocycles. The van der Waals surface area contributed by atoms with Gasteiger partial charge in [-0.25, -0.2) is 4.98 Å². The van der Waals surface area contributed by atoms with Crippen LogP contribution in [-0.2, 0) is 0 Å². The van der Waals surface area contributed by atoms with Crippen LogP contribution in [0, 0.1) is 6.92 Å². The summed E-state index contributed by atoms with van der Waals surface area (Å²) in [5.41, 5.74) is 5.94. The fourth-order valence-electron chi connectivity index (χ4n) is 0.995. The summed E-state index contributed by atoms with van der Waals surface area (Å²) < 4.78 is 0. The highest BCUT2D eigenvalue weighted by atomic mass is 16.1. The van der Waals surface area contributed by atoms with Gasteiger partial charge in [0, 0.05) is 5.92 Å². The minimum absolute atomic E-state index is 0.136. The molecule has 4 heteroatoms. The normalized spacial score (nSPS) is 12.8. The summed E-state index contributed by atoms with van der Waals surface area (Å²) in [5.74, 6) is 1.25. The Labute approximate surface area is 77.2 Å². The number of rotatable bonds is 2. The minimum Gasteiger partial charge on any atom is -0.383 e. The van der Waals surface area contributed by atoms with E-state index >= 15 is 0 Å². The highest BCUT2D eigenvalue weighted by Gasteiger charge is 2.08. The minimum atomic E-state index is -0.136. The molecule has 0 saturated carbocycles. The Balaban J connectivity index is 3.21. The van der Waals surface area contributed by atoms with Crippen LogP contribution in [-0.4, -0.2) is 9.97 Å². The second-order valence-corrected chi connectivity index (χ2v) is 3.27. The first-order chi connectivity index (χ1) is 6.06. The van der Waals surface area contributed by atoms with E-state index in [1.807, 2.05) is 13.8 Å². The van der Waals surface area contributed by atoms with Gasteiger partial charge in [0.1, 0.15) is 11.6 Å². The summed E-state index contributed by atoms with van der Waals surface area (Å²) in [4.78, 5) is 18.2. The lowest BCUT2D eigenvalue weighted by Crippen LogP contribution is -2.18. The molecular weight excluding hydrogens is 166 g/mol. The van der Waals surface area contributed by atoms with Crippen LogP contribution in [0.5, 0.6) is 0 Å². The van der Waals surface area contributed by atoms with Crippen LogP contribution < -0.4 is 11.3 Å². The summed E-state index contributed by atoms with van der Waals surface area (Å²) in [6.07, 6.45) is 0.936. The maximum Gasteiger partial charge on any atom is 0.255 e. The summed E-state index contributed by atoms with van der Waals surface area (Å²) in [7, 11) is 0. The van der Waals surface area contributed by atoms with Crippen molar-refractivity contribution >= 4 is 5.82 Å². The molecule has 0 bridgehead atoms. The van der Waals surface area contributed by atoms with Crippen molar-refractivity contribution in [3.05, 3.63) is 21.7 Å². The average molecular weight is 181 g/mol. The van der Waals surface area contributed by atoms with Gasteiger partial charge < -0.3 is 10.7 Å². The van der Waals surface area contributed by atoms with Crippen LogP contribution in [0.2, 0.25) is 0 Å². The van der Waals surface area contributed by atoms with Crippen LogP contribution >= 0.6 is 0 Å². The van der Waals surface area contributed by atoms with Gasteiger partial charge in [-0.15, -0.1) is 0 Å². The van der Waals surface area contributed by atoms with Gasteiger partial charge in [-0.3, -0.25) is 4.79 Å². The topological polar surface area (TPSA) is 71.8 Å². The largest absolute Gasteiger partial charge is 0.383 e. The molecule has 0 saturated heterocycles. The molecule has 0 spiro atoms. The van der Waals surface area contributed by atoms with E-state index in [1.54, 1.807) is 6.92 Å². The fourth-order valence-corrected chi connectivity index (χ4v) is 0.995. The first-order valence-corrected chi connectivity index (χ1v) is 4.42. The van der Waals surface area contributed by atoms with Crippen LogP contribution in [0.3, 0.4) is 0 Å². The van der Waals surface area contributed by atoms with E-state index in [4.69, 9.17) is 5.73 Å². The number of nitrogens with one attached hydrogen (secondary N) is 1. The van der Waals surface area contributed by atoms with Gasteiger partial charge in [-0.1, -0.05) is 13.8 Å². The number of nitrogen functional groups attached to an aromatic ring is 1. The van der Waals surface area contributed by atoms with E-state index in [1.165, 1.54) is 0 Å². The molecular formula is C9H15N3O. The molecule has 4 nitrogen and oxygen atoms in total.